The lowest BCUT2D eigenvalue weighted by Crippen LogP contribution is -2.41. The summed E-state index contributed by atoms with van der Waals surface area (Å²) < 4.78 is 32.7. The summed E-state index contributed by atoms with van der Waals surface area (Å²) in [6.45, 7) is 0. The van der Waals surface area contributed by atoms with Crippen LogP contribution in [0.4, 0.5) is 0 Å². The predicted octanol–water partition coefficient (Wildman–Crippen LogP) is 2.19. The lowest BCUT2D eigenvalue weighted by atomic mass is 10.1. The number of nitrogens with zero attached hydrogens (tertiary/aromatic N) is 1. The monoisotopic (exact) mass is 360 g/mol. The second-order valence-corrected chi connectivity index (χ2v) is 7.18. The van der Waals surface area contributed by atoms with E-state index in [4.69, 9.17) is 4.42 Å². The van der Waals surface area contributed by atoms with Crippen molar-refractivity contribution >= 4 is 27.0 Å². The molecule has 0 saturated carbocycles. The van der Waals surface area contributed by atoms with Gasteiger partial charge in [-0.25, -0.2) is 8.42 Å². The summed E-state index contributed by atoms with van der Waals surface area (Å²) >= 11 is 0. The number of hydrogen-bond donors (Lipinski definition) is 2. The fraction of sp³-hybridized carbons (Fsp3) is 0.176. The number of rotatable bonds is 7. The lowest BCUT2D eigenvalue weighted by molar-refractivity contribution is -0.139. The third kappa shape index (κ3) is 3.86. The Labute approximate surface area is 144 Å². The number of furan rings is 1. The molecule has 8 heteroatoms. The number of sulfonamides is 1. The van der Waals surface area contributed by atoms with Gasteiger partial charge in [0, 0.05) is 17.8 Å². The molecule has 1 unspecified atom stereocenters. The maximum atomic E-state index is 12.6. The molecule has 3 rings (SSSR count). The van der Waals surface area contributed by atoms with Gasteiger partial charge in [-0.2, -0.15) is 4.72 Å². The number of carboxylic acid groups (broad SMARTS) is 1. The summed E-state index contributed by atoms with van der Waals surface area (Å²) in [5.41, 5.74) is 1.09. The van der Waals surface area contributed by atoms with Crippen LogP contribution in [0.2, 0.25) is 0 Å². The van der Waals surface area contributed by atoms with Crippen LogP contribution in [0.1, 0.15) is 12.0 Å². The minimum Gasteiger partial charge on any atom is -0.480 e. The highest BCUT2D eigenvalue weighted by molar-refractivity contribution is 7.89. The first-order chi connectivity index (χ1) is 12.0. The highest BCUT2D eigenvalue weighted by atomic mass is 32.2. The van der Waals surface area contributed by atoms with E-state index in [-0.39, 0.29) is 16.9 Å². The molecule has 0 aliphatic carbocycles. The number of para-hydroxylation sites is 1. The highest BCUT2D eigenvalue weighted by Gasteiger charge is 2.27. The molecule has 0 amide bonds. The Morgan fingerprint density at radius 2 is 1.96 bits per heavy atom. The molecule has 2 N–H and O–H groups in total. The molecule has 1 aromatic carbocycles. The van der Waals surface area contributed by atoms with E-state index >= 15 is 0 Å². The third-order valence-electron chi connectivity index (χ3n) is 3.80. The number of nitrogens with one attached hydrogen (secondary N) is 1. The van der Waals surface area contributed by atoms with Crippen LogP contribution in [0, 0.1) is 0 Å². The molecule has 0 spiro atoms. The molecule has 0 aliphatic rings. The summed E-state index contributed by atoms with van der Waals surface area (Å²) in [6.07, 6.45) is 5.13. The van der Waals surface area contributed by atoms with Crippen molar-refractivity contribution in [2.75, 3.05) is 0 Å². The van der Waals surface area contributed by atoms with Crippen molar-refractivity contribution < 1.29 is 22.7 Å². The van der Waals surface area contributed by atoms with Crippen LogP contribution in [0.5, 0.6) is 0 Å². The zero-order chi connectivity index (χ0) is 17.9. The van der Waals surface area contributed by atoms with Crippen LogP contribution >= 0.6 is 0 Å². The Hall–Kier alpha value is -2.71. The summed E-state index contributed by atoms with van der Waals surface area (Å²) in [6, 6.07) is 8.61. The number of aromatic nitrogens is 1. The van der Waals surface area contributed by atoms with Gasteiger partial charge in [0.15, 0.2) is 5.58 Å². The molecule has 0 bridgehead atoms. The maximum Gasteiger partial charge on any atom is 0.321 e. The van der Waals surface area contributed by atoms with Gasteiger partial charge < -0.3 is 9.52 Å². The maximum absolute atomic E-state index is 12.6. The smallest absolute Gasteiger partial charge is 0.321 e. The number of hydrogen-bond acceptors (Lipinski definition) is 5. The molecule has 0 aliphatic heterocycles. The lowest BCUT2D eigenvalue weighted by Gasteiger charge is -2.15. The van der Waals surface area contributed by atoms with Crippen LogP contribution < -0.4 is 4.72 Å². The van der Waals surface area contributed by atoms with Gasteiger partial charge in [0.25, 0.3) is 0 Å². The fourth-order valence-electron chi connectivity index (χ4n) is 2.52. The summed E-state index contributed by atoms with van der Waals surface area (Å²) in [5, 5.41) is 10.0. The van der Waals surface area contributed by atoms with Crippen molar-refractivity contribution in [3.63, 3.8) is 0 Å². The summed E-state index contributed by atoms with van der Waals surface area (Å²) in [4.78, 5) is 15.3. The Balaban J connectivity index is 1.81. The SMILES string of the molecule is O=C(O)C(CCc1ccncc1)NS(=O)(=O)c1cccc2ccoc12. The zero-order valence-corrected chi connectivity index (χ0v) is 13.9. The van der Waals surface area contributed by atoms with Gasteiger partial charge in [0.1, 0.15) is 10.9 Å². The Kier molecular flexibility index (Phi) is 4.82. The van der Waals surface area contributed by atoms with Crippen molar-refractivity contribution in [2.24, 2.45) is 0 Å². The van der Waals surface area contributed by atoms with E-state index in [1.807, 2.05) is 0 Å². The summed E-state index contributed by atoms with van der Waals surface area (Å²) in [7, 11) is -4.04. The molecule has 3 aromatic rings. The van der Waals surface area contributed by atoms with Crippen molar-refractivity contribution in [3.05, 3.63) is 60.6 Å². The molecular weight excluding hydrogens is 344 g/mol. The predicted molar refractivity (Wildman–Crippen MR) is 90.5 cm³/mol. The topological polar surface area (TPSA) is 109 Å². The van der Waals surface area contributed by atoms with Crippen LogP contribution in [0.3, 0.4) is 0 Å². The van der Waals surface area contributed by atoms with Gasteiger partial charge >= 0.3 is 5.97 Å². The van der Waals surface area contributed by atoms with E-state index < -0.39 is 22.0 Å². The van der Waals surface area contributed by atoms with Crippen LogP contribution in [-0.2, 0) is 21.2 Å². The van der Waals surface area contributed by atoms with Gasteiger partial charge in [-0.05, 0) is 42.7 Å². The Bertz CT molecular complexity index is 982. The van der Waals surface area contributed by atoms with Crippen LogP contribution in [-0.4, -0.2) is 30.5 Å². The minimum absolute atomic E-state index is 0.0786. The third-order valence-corrected chi connectivity index (χ3v) is 5.29. The van der Waals surface area contributed by atoms with Gasteiger partial charge in [0.05, 0.1) is 6.26 Å². The quantitative estimate of drug-likeness (QED) is 0.668. The standard InChI is InChI=1S/C17H16N2O5S/c20-17(21)14(5-4-12-6-9-18-10-7-12)19-25(22,23)15-3-1-2-13-8-11-24-16(13)15/h1-3,6-11,14,19H,4-5H2,(H,20,21). The normalized spacial score (nSPS) is 13.0. The van der Waals surface area contributed by atoms with E-state index in [1.54, 1.807) is 42.7 Å². The summed E-state index contributed by atoms with van der Waals surface area (Å²) in [5.74, 6) is -1.23. The Morgan fingerprint density at radius 1 is 1.20 bits per heavy atom. The largest absolute Gasteiger partial charge is 0.480 e. The second-order valence-electron chi connectivity index (χ2n) is 5.50. The van der Waals surface area contributed by atoms with Crippen LogP contribution in [0.15, 0.2) is 64.4 Å². The van der Waals surface area contributed by atoms with Crippen molar-refractivity contribution in [1.82, 2.24) is 9.71 Å². The van der Waals surface area contributed by atoms with Crippen molar-refractivity contribution in [3.8, 4) is 0 Å². The fourth-order valence-corrected chi connectivity index (χ4v) is 3.91. The van der Waals surface area contributed by atoms with E-state index in [9.17, 15) is 18.3 Å². The number of carboxylic acids is 1. The number of aryl methyl sites for hydroxylation is 1. The number of fused-ring (bicyclic) bond motifs is 1. The molecule has 0 fully saturated rings. The molecule has 25 heavy (non-hydrogen) atoms. The van der Waals surface area contributed by atoms with Gasteiger partial charge in [0.2, 0.25) is 10.0 Å². The number of aliphatic carboxylic acids is 1. The van der Waals surface area contributed by atoms with E-state index in [0.29, 0.717) is 11.8 Å². The number of pyridine rings is 1. The number of carbonyl (C=O) groups is 1. The zero-order valence-electron chi connectivity index (χ0n) is 13.1. The molecule has 0 radical (unpaired) electrons. The van der Waals surface area contributed by atoms with Crippen molar-refractivity contribution in [1.29, 1.82) is 0 Å². The minimum atomic E-state index is -4.04. The molecule has 130 valence electrons. The van der Waals surface area contributed by atoms with E-state index in [1.165, 1.54) is 12.3 Å². The first-order valence-corrected chi connectivity index (χ1v) is 9.06. The van der Waals surface area contributed by atoms with Gasteiger partial charge in [-0.3, -0.25) is 9.78 Å². The van der Waals surface area contributed by atoms with Gasteiger partial charge in [-0.1, -0.05) is 12.1 Å². The molecule has 2 aromatic heterocycles. The highest BCUT2D eigenvalue weighted by Crippen LogP contribution is 2.24. The van der Waals surface area contributed by atoms with Crippen LogP contribution in [0.25, 0.3) is 11.0 Å². The molecular formula is C17H16N2O5S. The molecule has 2 heterocycles. The molecule has 0 saturated heterocycles. The van der Waals surface area contributed by atoms with Gasteiger partial charge in [-0.15, -0.1) is 0 Å². The van der Waals surface area contributed by atoms with E-state index in [0.717, 1.165) is 5.56 Å². The second kappa shape index (κ2) is 7.04. The average Bonchev–Trinajstić information content (AvgIpc) is 3.07. The van der Waals surface area contributed by atoms with Crippen molar-refractivity contribution in [2.45, 2.75) is 23.8 Å². The first kappa shape index (κ1) is 17.1. The molecule has 1 atom stereocenters. The number of benzene rings is 1. The Morgan fingerprint density at radius 3 is 2.68 bits per heavy atom. The van der Waals surface area contributed by atoms with E-state index in [2.05, 4.69) is 9.71 Å². The first-order valence-electron chi connectivity index (χ1n) is 7.57. The average molecular weight is 360 g/mol. The molecule has 7 nitrogen and oxygen atoms in total.